The minimum atomic E-state index is -1.52. The largest absolute Gasteiger partial charge is 0.472 e. The number of hydrogen-bond donors (Lipinski definition) is 3. The molecule has 3 unspecified atom stereocenters. The van der Waals surface area contributed by atoms with E-state index in [1.54, 1.807) is 12.5 Å². The molecule has 3 N–H and O–H groups in total. The van der Waals surface area contributed by atoms with Crippen molar-refractivity contribution in [2.24, 2.45) is 0 Å². The van der Waals surface area contributed by atoms with Crippen LogP contribution in [0.25, 0.3) is 0 Å². The van der Waals surface area contributed by atoms with E-state index in [4.69, 9.17) is 4.42 Å². The van der Waals surface area contributed by atoms with E-state index in [2.05, 4.69) is 0 Å². The topological polar surface area (TPSA) is 73.8 Å². The normalized spacial score (nSPS) is 17.6. The smallest absolute Gasteiger partial charge is 0.114 e. The van der Waals surface area contributed by atoms with Crippen molar-refractivity contribution in [2.75, 3.05) is 0 Å². The summed E-state index contributed by atoms with van der Waals surface area (Å²) in [7, 11) is 0. The number of aryl methyl sites for hydroxylation is 1. The molecule has 0 fully saturated rings. The molecule has 0 aromatic carbocycles. The van der Waals surface area contributed by atoms with Gasteiger partial charge in [-0.05, 0) is 51.7 Å². The van der Waals surface area contributed by atoms with E-state index in [9.17, 15) is 15.3 Å². The Labute approximate surface area is 114 Å². The maximum atomic E-state index is 10.2. The van der Waals surface area contributed by atoms with E-state index in [-0.39, 0.29) is 0 Å². The lowest BCUT2D eigenvalue weighted by Gasteiger charge is -2.33. The first-order valence-corrected chi connectivity index (χ1v) is 6.57. The summed E-state index contributed by atoms with van der Waals surface area (Å²) in [5, 5.41) is 30.3. The van der Waals surface area contributed by atoms with E-state index in [0.29, 0.717) is 19.3 Å². The van der Waals surface area contributed by atoms with Crippen LogP contribution in [0.1, 0.15) is 39.2 Å². The third-order valence-corrected chi connectivity index (χ3v) is 3.39. The van der Waals surface area contributed by atoms with Gasteiger partial charge in [-0.25, -0.2) is 0 Å². The van der Waals surface area contributed by atoms with Gasteiger partial charge in [-0.2, -0.15) is 0 Å². The number of furan rings is 1. The Balaban J connectivity index is 2.52. The minimum Gasteiger partial charge on any atom is -0.472 e. The van der Waals surface area contributed by atoms with Crippen LogP contribution in [-0.2, 0) is 6.42 Å². The van der Waals surface area contributed by atoms with E-state index in [1.165, 1.54) is 6.92 Å². The summed E-state index contributed by atoms with van der Waals surface area (Å²) in [5.41, 5.74) is 0.520. The number of rotatable bonds is 7. The van der Waals surface area contributed by atoms with Crippen molar-refractivity contribution < 1.29 is 19.7 Å². The quantitative estimate of drug-likeness (QED) is 0.662. The lowest BCUT2D eigenvalue weighted by atomic mass is 9.87. The van der Waals surface area contributed by atoms with Crippen LogP contribution >= 0.6 is 0 Å². The summed E-state index contributed by atoms with van der Waals surface area (Å²) in [6.45, 7) is 5.32. The van der Waals surface area contributed by atoms with Crippen molar-refractivity contribution in [3.05, 3.63) is 35.8 Å². The highest BCUT2D eigenvalue weighted by atomic mass is 16.4. The Hall–Kier alpha value is -1.10. The van der Waals surface area contributed by atoms with Gasteiger partial charge in [0.15, 0.2) is 0 Å². The van der Waals surface area contributed by atoms with Crippen LogP contribution in [0, 0.1) is 0 Å². The molecule has 0 aliphatic rings. The molecular formula is C15H24O4. The lowest BCUT2D eigenvalue weighted by molar-refractivity contribution is -0.134. The maximum absolute atomic E-state index is 10.2. The van der Waals surface area contributed by atoms with Crippen molar-refractivity contribution in [3.63, 3.8) is 0 Å². The van der Waals surface area contributed by atoms with Gasteiger partial charge in [-0.1, -0.05) is 11.6 Å². The Kier molecular flexibility index (Phi) is 5.79. The van der Waals surface area contributed by atoms with Crippen molar-refractivity contribution in [1.29, 1.82) is 0 Å². The first-order valence-electron chi connectivity index (χ1n) is 6.57. The average Bonchev–Trinajstić information content (AvgIpc) is 2.85. The summed E-state index contributed by atoms with van der Waals surface area (Å²) in [6.07, 6.45) is 4.37. The van der Waals surface area contributed by atoms with Gasteiger partial charge in [0.05, 0.1) is 24.7 Å². The predicted octanol–water partition coefficient (Wildman–Crippen LogP) is 2.04. The zero-order chi connectivity index (χ0) is 14.5. The SMILES string of the molecule is CC(C)=CCC(O)C(C)(O)C(O)CCc1ccoc1. The molecule has 0 saturated heterocycles. The standard InChI is InChI=1S/C15H24O4/c1-11(2)4-6-13(16)15(3,18)14(17)7-5-12-8-9-19-10-12/h4,8-10,13-14,16-18H,5-7H2,1-3H3. The summed E-state index contributed by atoms with van der Waals surface area (Å²) in [4.78, 5) is 0. The summed E-state index contributed by atoms with van der Waals surface area (Å²) in [6, 6.07) is 1.82. The van der Waals surface area contributed by atoms with Gasteiger partial charge in [0.2, 0.25) is 0 Å². The molecular weight excluding hydrogens is 244 g/mol. The van der Waals surface area contributed by atoms with Crippen LogP contribution in [0.3, 0.4) is 0 Å². The third-order valence-electron chi connectivity index (χ3n) is 3.39. The second-order valence-corrected chi connectivity index (χ2v) is 5.44. The van der Waals surface area contributed by atoms with Crippen molar-refractivity contribution in [1.82, 2.24) is 0 Å². The highest BCUT2D eigenvalue weighted by Gasteiger charge is 2.37. The molecule has 0 aliphatic heterocycles. The molecule has 0 bridgehead atoms. The van der Waals surface area contributed by atoms with Gasteiger partial charge < -0.3 is 19.7 Å². The number of aliphatic hydroxyl groups is 3. The van der Waals surface area contributed by atoms with Crippen LogP contribution in [0.4, 0.5) is 0 Å². The van der Waals surface area contributed by atoms with Crippen LogP contribution in [0.2, 0.25) is 0 Å². The van der Waals surface area contributed by atoms with Crippen LogP contribution < -0.4 is 0 Å². The highest BCUT2D eigenvalue weighted by molar-refractivity contribution is 5.06. The fourth-order valence-corrected chi connectivity index (χ4v) is 1.84. The number of hydrogen-bond acceptors (Lipinski definition) is 4. The molecule has 19 heavy (non-hydrogen) atoms. The lowest BCUT2D eigenvalue weighted by Crippen LogP contribution is -2.49. The zero-order valence-electron chi connectivity index (χ0n) is 11.8. The van der Waals surface area contributed by atoms with Gasteiger partial charge in [0.1, 0.15) is 5.60 Å². The Bertz CT molecular complexity index is 388. The molecule has 108 valence electrons. The summed E-state index contributed by atoms with van der Waals surface area (Å²) < 4.78 is 4.94. The molecule has 1 heterocycles. The average molecular weight is 268 g/mol. The summed E-state index contributed by atoms with van der Waals surface area (Å²) >= 11 is 0. The summed E-state index contributed by atoms with van der Waals surface area (Å²) in [5.74, 6) is 0. The first kappa shape index (κ1) is 16.0. The number of aliphatic hydroxyl groups excluding tert-OH is 2. The van der Waals surface area contributed by atoms with E-state index >= 15 is 0 Å². The van der Waals surface area contributed by atoms with E-state index in [1.807, 2.05) is 26.0 Å². The minimum absolute atomic E-state index is 0.331. The van der Waals surface area contributed by atoms with Gasteiger partial charge in [-0.3, -0.25) is 0 Å². The van der Waals surface area contributed by atoms with Gasteiger partial charge in [-0.15, -0.1) is 0 Å². The fraction of sp³-hybridized carbons (Fsp3) is 0.600. The Morgan fingerprint density at radius 1 is 1.37 bits per heavy atom. The molecule has 0 aliphatic carbocycles. The van der Waals surface area contributed by atoms with Gasteiger partial charge in [0.25, 0.3) is 0 Å². The second-order valence-electron chi connectivity index (χ2n) is 5.44. The van der Waals surface area contributed by atoms with Crippen molar-refractivity contribution in [3.8, 4) is 0 Å². The molecule has 0 amide bonds. The fourth-order valence-electron chi connectivity index (χ4n) is 1.84. The zero-order valence-corrected chi connectivity index (χ0v) is 11.8. The third kappa shape index (κ3) is 4.82. The molecule has 4 heteroatoms. The molecule has 0 spiro atoms. The molecule has 3 atom stereocenters. The highest BCUT2D eigenvalue weighted by Crippen LogP contribution is 2.22. The van der Waals surface area contributed by atoms with E-state index < -0.39 is 17.8 Å². The molecule has 0 radical (unpaired) electrons. The predicted molar refractivity (Wildman–Crippen MR) is 73.7 cm³/mol. The van der Waals surface area contributed by atoms with Crippen LogP contribution in [0.15, 0.2) is 34.7 Å². The van der Waals surface area contributed by atoms with Crippen LogP contribution in [0.5, 0.6) is 0 Å². The molecule has 1 aromatic rings. The molecule has 4 nitrogen and oxygen atoms in total. The van der Waals surface area contributed by atoms with E-state index in [0.717, 1.165) is 11.1 Å². The Morgan fingerprint density at radius 2 is 2.05 bits per heavy atom. The Morgan fingerprint density at radius 3 is 2.58 bits per heavy atom. The number of allylic oxidation sites excluding steroid dienone is 1. The first-order chi connectivity index (χ1) is 8.84. The second kappa shape index (κ2) is 6.89. The van der Waals surface area contributed by atoms with Gasteiger partial charge >= 0.3 is 0 Å². The molecule has 1 rings (SSSR count). The molecule has 0 saturated carbocycles. The maximum Gasteiger partial charge on any atom is 0.114 e. The van der Waals surface area contributed by atoms with Crippen molar-refractivity contribution in [2.45, 2.75) is 57.8 Å². The van der Waals surface area contributed by atoms with Crippen molar-refractivity contribution >= 4 is 0 Å². The van der Waals surface area contributed by atoms with Gasteiger partial charge in [0, 0.05) is 0 Å². The molecule has 1 aromatic heterocycles. The monoisotopic (exact) mass is 268 g/mol. The van der Waals surface area contributed by atoms with Crippen LogP contribution in [-0.4, -0.2) is 33.1 Å².